The van der Waals surface area contributed by atoms with Crippen LogP contribution in [0, 0.1) is 6.92 Å². The number of rotatable bonds is 7. The molecule has 0 amide bonds. The number of aromatic nitrogens is 1. The summed E-state index contributed by atoms with van der Waals surface area (Å²) in [6.45, 7) is 7.25. The van der Waals surface area contributed by atoms with Gasteiger partial charge in [0.25, 0.3) is 0 Å². The average molecular weight is 290 g/mol. The lowest BCUT2D eigenvalue weighted by Gasteiger charge is -2.13. The number of nitrogens with one attached hydrogen (secondary N) is 1. The minimum Gasteiger partial charge on any atom is -0.493 e. The number of benzene rings is 1. The van der Waals surface area contributed by atoms with Crippen LogP contribution in [-0.4, -0.2) is 18.3 Å². The molecule has 0 aliphatic rings. The summed E-state index contributed by atoms with van der Waals surface area (Å²) in [6, 6.07) is 8.23. The summed E-state index contributed by atoms with van der Waals surface area (Å²) in [6.07, 6.45) is 0. The standard InChI is InChI=1S/C16H22N2O3/c1-11(2)17-9-13-5-6-15(16(8-13)19-4)20-10-14-7-12(3)18-21-14/h5-8,11,17H,9-10H2,1-4H3. The molecule has 0 spiro atoms. The zero-order valence-electron chi connectivity index (χ0n) is 13.0. The highest BCUT2D eigenvalue weighted by atomic mass is 16.5. The fraction of sp³-hybridized carbons (Fsp3) is 0.438. The van der Waals surface area contributed by atoms with Crippen molar-refractivity contribution in [2.75, 3.05) is 7.11 Å². The molecule has 0 saturated heterocycles. The maximum absolute atomic E-state index is 5.73. The summed E-state index contributed by atoms with van der Waals surface area (Å²) >= 11 is 0. The molecular formula is C16H22N2O3. The van der Waals surface area contributed by atoms with Gasteiger partial charge >= 0.3 is 0 Å². The van der Waals surface area contributed by atoms with E-state index in [0.29, 0.717) is 29.9 Å². The van der Waals surface area contributed by atoms with E-state index in [1.807, 2.05) is 31.2 Å². The van der Waals surface area contributed by atoms with Crippen molar-refractivity contribution in [3.05, 3.63) is 41.3 Å². The quantitative estimate of drug-likeness (QED) is 0.849. The normalized spacial score (nSPS) is 10.9. The van der Waals surface area contributed by atoms with E-state index < -0.39 is 0 Å². The van der Waals surface area contributed by atoms with Gasteiger partial charge in [0.05, 0.1) is 12.8 Å². The molecule has 0 bridgehead atoms. The van der Waals surface area contributed by atoms with Crippen LogP contribution in [0.2, 0.25) is 0 Å². The minimum atomic E-state index is 0.334. The summed E-state index contributed by atoms with van der Waals surface area (Å²) < 4.78 is 16.2. The van der Waals surface area contributed by atoms with Gasteiger partial charge in [0.1, 0.15) is 6.61 Å². The molecule has 21 heavy (non-hydrogen) atoms. The first kappa shape index (κ1) is 15.4. The molecule has 5 nitrogen and oxygen atoms in total. The third kappa shape index (κ3) is 4.49. The van der Waals surface area contributed by atoms with Crippen LogP contribution in [0.15, 0.2) is 28.8 Å². The van der Waals surface area contributed by atoms with E-state index in [-0.39, 0.29) is 0 Å². The van der Waals surface area contributed by atoms with Gasteiger partial charge in [-0.05, 0) is 24.6 Å². The van der Waals surface area contributed by atoms with Crippen molar-refractivity contribution in [1.82, 2.24) is 10.5 Å². The molecule has 0 atom stereocenters. The molecule has 0 radical (unpaired) electrons. The van der Waals surface area contributed by atoms with Crippen molar-refractivity contribution < 1.29 is 14.0 Å². The summed E-state index contributed by atoms with van der Waals surface area (Å²) in [4.78, 5) is 0. The predicted octanol–water partition coefficient (Wildman–Crippen LogP) is 3.07. The van der Waals surface area contributed by atoms with Crippen molar-refractivity contribution in [3.8, 4) is 11.5 Å². The maximum Gasteiger partial charge on any atom is 0.174 e. The van der Waals surface area contributed by atoms with Crippen molar-refractivity contribution in [2.45, 2.75) is 40.0 Å². The highest BCUT2D eigenvalue weighted by molar-refractivity contribution is 5.43. The number of aryl methyl sites for hydroxylation is 1. The molecule has 114 valence electrons. The zero-order valence-corrected chi connectivity index (χ0v) is 13.0. The van der Waals surface area contributed by atoms with Crippen LogP contribution in [0.5, 0.6) is 11.5 Å². The van der Waals surface area contributed by atoms with Crippen LogP contribution in [0.1, 0.15) is 30.9 Å². The second-order valence-electron chi connectivity index (χ2n) is 5.24. The molecule has 1 aromatic carbocycles. The Morgan fingerprint density at radius 2 is 2.05 bits per heavy atom. The van der Waals surface area contributed by atoms with E-state index >= 15 is 0 Å². The smallest absolute Gasteiger partial charge is 0.174 e. The summed E-state index contributed by atoms with van der Waals surface area (Å²) in [7, 11) is 1.64. The van der Waals surface area contributed by atoms with E-state index in [2.05, 4.69) is 24.3 Å². The summed E-state index contributed by atoms with van der Waals surface area (Å²) in [5.74, 6) is 2.11. The fourth-order valence-corrected chi connectivity index (χ4v) is 1.90. The van der Waals surface area contributed by atoms with E-state index in [9.17, 15) is 0 Å². The van der Waals surface area contributed by atoms with E-state index in [1.54, 1.807) is 7.11 Å². The van der Waals surface area contributed by atoms with Crippen LogP contribution in [0.3, 0.4) is 0 Å². The maximum atomic E-state index is 5.73. The molecule has 0 aliphatic heterocycles. The van der Waals surface area contributed by atoms with Crippen LogP contribution in [0.4, 0.5) is 0 Å². The minimum absolute atomic E-state index is 0.334. The van der Waals surface area contributed by atoms with Crippen molar-refractivity contribution in [3.63, 3.8) is 0 Å². The Bertz CT molecular complexity index is 579. The van der Waals surface area contributed by atoms with Crippen molar-refractivity contribution >= 4 is 0 Å². The monoisotopic (exact) mass is 290 g/mol. The van der Waals surface area contributed by atoms with Gasteiger partial charge in [-0.1, -0.05) is 25.1 Å². The summed E-state index contributed by atoms with van der Waals surface area (Å²) in [5.41, 5.74) is 2.00. The Morgan fingerprint density at radius 1 is 1.24 bits per heavy atom. The topological polar surface area (TPSA) is 56.5 Å². The predicted molar refractivity (Wildman–Crippen MR) is 80.5 cm³/mol. The number of ether oxygens (including phenoxy) is 2. The van der Waals surface area contributed by atoms with Crippen molar-refractivity contribution in [2.24, 2.45) is 0 Å². The lowest BCUT2D eigenvalue weighted by atomic mass is 10.2. The molecule has 0 unspecified atom stereocenters. The third-order valence-electron chi connectivity index (χ3n) is 2.99. The average Bonchev–Trinajstić information content (AvgIpc) is 2.88. The second kappa shape index (κ2) is 7.13. The first-order valence-electron chi connectivity index (χ1n) is 7.03. The molecule has 0 fully saturated rings. The third-order valence-corrected chi connectivity index (χ3v) is 2.99. The summed E-state index contributed by atoms with van der Waals surface area (Å²) in [5, 5.41) is 7.21. The van der Waals surface area contributed by atoms with Gasteiger partial charge in [0.15, 0.2) is 17.3 Å². The first-order chi connectivity index (χ1) is 10.1. The Labute approximate surface area is 125 Å². The molecule has 2 rings (SSSR count). The zero-order chi connectivity index (χ0) is 15.2. The first-order valence-corrected chi connectivity index (χ1v) is 7.03. The van der Waals surface area contributed by atoms with Gasteiger partial charge in [0, 0.05) is 18.7 Å². The Morgan fingerprint density at radius 3 is 2.67 bits per heavy atom. The highest BCUT2D eigenvalue weighted by Gasteiger charge is 2.08. The van der Waals surface area contributed by atoms with Crippen LogP contribution in [-0.2, 0) is 13.2 Å². The molecule has 1 aromatic heterocycles. The number of nitrogens with zero attached hydrogens (tertiary/aromatic N) is 1. The van der Waals surface area contributed by atoms with Gasteiger partial charge in [-0.2, -0.15) is 0 Å². The van der Waals surface area contributed by atoms with Gasteiger partial charge in [-0.25, -0.2) is 0 Å². The van der Waals surface area contributed by atoms with E-state index in [0.717, 1.165) is 17.8 Å². The van der Waals surface area contributed by atoms with Gasteiger partial charge in [-0.3, -0.25) is 0 Å². The van der Waals surface area contributed by atoms with Gasteiger partial charge < -0.3 is 19.3 Å². The van der Waals surface area contributed by atoms with Crippen LogP contribution in [0.25, 0.3) is 0 Å². The molecule has 2 aromatic rings. The molecule has 0 saturated carbocycles. The van der Waals surface area contributed by atoms with Crippen molar-refractivity contribution in [1.29, 1.82) is 0 Å². The number of methoxy groups -OCH3 is 1. The van der Waals surface area contributed by atoms with Gasteiger partial charge in [0.2, 0.25) is 0 Å². The largest absolute Gasteiger partial charge is 0.493 e. The molecule has 5 heteroatoms. The lowest BCUT2D eigenvalue weighted by molar-refractivity contribution is 0.238. The molecule has 0 aliphatic carbocycles. The fourth-order valence-electron chi connectivity index (χ4n) is 1.90. The Balaban J connectivity index is 2.01. The van der Waals surface area contributed by atoms with Crippen LogP contribution >= 0.6 is 0 Å². The molecule has 1 heterocycles. The van der Waals surface area contributed by atoms with E-state index in [1.165, 1.54) is 0 Å². The second-order valence-corrected chi connectivity index (χ2v) is 5.24. The number of hydrogen-bond acceptors (Lipinski definition) is 5. The van der Waals surface area contributed by atoms with Gasteiger partial charge in [-0.15, -0.1) is 0 Å². The Hall–Kier alpha value is -2.01. The SMILES string of the molecule is COc1cc(CNC(C)C)ccc1OCc1cc(C)no1. The molecule has 1 N–H and O–H groups in total. The number of hydrogen-bond donors (Lipinski definition) is 1. The highest BCUT2D eigenvalue weighted by Crippen LogP contribution is 2.28. The van der Waals surface area contributed by atoms with Crippen LogP contribution < -0.4 is 14.8 Å². The van der Waals surface area contributed by atoms with E-state index in [4.69, 9.17) is 14.0 Å². The lowest BCUT2D eigenvalue weighted by Crippen LogP contribution is -2.21. The Kier molecular flexibility index (Phi) is 5.22. The molecular weight excluding hydrogens is 268 g/mol.